The summed E-state index contributed by atoms with van der Waals surface area (Å²) in [5.41, 5.74) is 0.839. The van der Waals surface area contributed by atoms with E-state index in [1.54, 1.807) is 18.2 Å². The van der Waals surface area contributed by atoms with Crippen molar-refractivity contribution in [1.29, 1.82) is 0 Å². The van der Waals surface area contributed by atoms with Gasteiger partial charge in [0.2, 0.25) is 0 Å². The summed E-state index contributed by atoms with van der Waals surface area (Å²) in [7, 11) is 1.52. The first-order valence-corrected chi connectivity index (χ1v) is 7.64. The minimum Gasteiger partial charge on any atom is -0.496 e. The molecule has 0 N–H and O–H groups in total. The Balaban J connectivity index is 2.54. The molecule has 2 aromatic carbocycles. The summed E-state index contributed by atoms with van der Waals surface area (Å²) in [6, 6.07) is 7.38. The summed E-state index contributed by atoms with van der Waals surface area (Å²) in [6.07, 6.45) is 0. The van der Waals surface area contributed by atoms with Gasteiger partial charge < -0.3 is 4.74 Å². The number of hydrogen-bond donors (Lipinski definition) is 0. The molecule has 2 rings (SSSR count). The third-order valence-corrected chi connectivity index (χ3v) is 4.55. The molecule has 0 aliphatic carbocycles. The van der Waals surface area contributed by atoms with E-state index in [1.807, 2.05) is 0 Å². The van der Waals surface area contributed by atoms with Crippen molar-refractivity contribution in [2.75, 3.05) is 7.11 Å². The van der Waals surface area contributed by atoms with E-state index in [1.165, 1.54) is 7.11 Å². The average molecular weight is 426 g/mol. The second-order valence-corrected chi connectivity index (χ2v) is 6.28. The van der Waals surface area contributed by atoms with Crippen molar-refractivity contribution in [3.8, 4) is 5.75 Å². The molecular formula is C14H9Br2ClF2O. The van der Waals surface area contributed by atoms with E-state index in [0.29, 0.717) is 11.3 Å². The Bertz CT molecular complexity index is 649. The fourth-order valence-corrected chi connectivity index (χ4v) is 3.04. The third kappa shape index (κ3) is 3.15. The Morgan fingerprint density at radius 1 is 1.10 bits per heavy atom. The molecule has 0 aliphatic heterocycles. The van der Waals surface area contributed by atoms with Crippen LogP contribution in [0.3, 0.4) is 0 Å². The molecule has 0 radical (unpaired) electrons. The fourth-order valence-electron chi connectivity index (χ4n) is 1.80. The van der Waals surface area contributed by atoms with Gasteiger partial charge in [0.1, 0.15) is 17.4 Å². The predicted molar refractivity (Wildman–Crippen MR) is 82.8 cm³/mol. The van der Waals surface area contributed by atoms with E-state index >= 15 is 0 Å². The number of halogens is 5. The van der Waals surface area contributed by atoms with Gasteiger partial charge >= 0.3 is 0 Å². The number of ether oxygens (including phenoxy) is 1. The topological polar surface area (TPSA) is 9.23 Å². The molecule has 0 saturated heterocycles. The van der Waals surface area contributed by atoms with E-state index in [0.717, 1.165) is 16.6 Å². The van der Waals surface area contributed by atoms with Gasteiger partial charge in [0.05, 0.1) is 17.0 Å². The zero-order valence-electron chi connectivity index (χ0n) is 10.3. The first-order valence-electron chi connectivity index (χ1n) is 5.56. The van der Waals surface area contributed by atoms with Gasteiger partial charge in [-0.15, -0.1) is 0 Å². The van der Waals surface area contributed by atoms with Gasteiger partial charge in [0.25, 0.3) is 0 Å². The Morgan fingerprint density at radius 3 is 2.45 bits per heavy atom. The Morgan fingerprint density at radius 2 is 1.80 bits per heavy atom. The van der Waals surface area contributed by atoms with Crippen LogP contribution in [0.15, 0.2) is 34.8 Å². The monoisotopic (exact) mass is 424 g/mol. The summed E-state index contributed by atoms with van der Waals surface area (Å²) >= 11 is 12.3. The van der Waals surface area contributed by atoms with Crippen LogP contribution in [0.2, 0.25) is 5.02 Å². The predicted octanol–water partition coefficient (Wildman–Crippen LogP) is 5.87. The maximum atomic E-state index is 14.0. The van der Waals surface area contributed by atoms with Gasteiger partial charge in [0.15, 0.2) is 0 Å². The molecule has 20 heavy (non-hydrogen) atoms. The minimum absolute atomic E-state index is 0.156. The van der Waals surface area contributed by atoms with Crippen LogP contribution in [0.25, 0.3) is 0 Å². The Labute approximate surface area is 137 Å². The second-order valence-electron chi connectivity index (χ2n) is 4.04. The highest BCUT2D eigenvalue weighted by Crippen LogP contribution is 2.40. The molecule has 0 fully saturated rings. The van der Waals surface area contributed by atoms with Gasteiger partial charge in [-0.25, -0.2) is 8.78 Å². The molecule has 1 nitrogen and oxygen atoms in total. The fraction of sp³-hybridized carbons (Fsp3) is 0.143. The SMILES string of the molecule is COc1ccc(Br)cc1C(Br)c1cc(F)c(Cl)cc1F. The third-order valence-electron chi connectivity index (χ3n) is 2.78. The molecule has 0 heterocycles. The van der Waals surface area contributed by atoms with E-state index in [4.69, 9.17) is 16.3 Å². The molecule has 0 aromatic heterocycles. The van der Waals surface area contributed by atoms with Gasteiger partial charge in [-0.1, -0.05) is 43.5 Å². The molecule has 0 aliphatic rings. The van der Waals surface area contributed by atoms with Crippen molar-refractivity contribution in [2.24, 2.45) is 0 Å². The summed E-state index contributed by atoms with van der Waals surface area (Å²) < 4.78 is 33.6. The highest BCUT2D eigenvalue weighted by molar-refractivity contribution is 9.10. The van der Waals surface area contributed by atoms with Gasteiger partial charge in [-0.2, -0.15) is 0 Å². The van der Waals surface area contributed by atoms with Crippen LogP contribution in [0, 0.1) is 11.6 Å². The van der Waals surface area contributed by atoms with Crippen LogP contribution in [0.4, 0.5) is 8.78 Å². The highest BCUT2D eigenvalue weighted by Gasteiger charge is 2.21. The van der Waals surface area contributed by atoms with E-state index < -0.39 is 16.5 Å². The molecule has 2 aromatic rings. The number of alkyl halides is 1. The first kappa shape index (κ1) is 15.7. The lowest BCUT2D eigenvalue weighted by molar-refractivity contribution is 0.410. The summed E-state index contributed by atoms with van der Waals surface area (Å²) in [5.74, 6) is -0.674. The number of rotatable bonds is 3. The van der Waals surface area contributed by atoms with Crippen LogP contribution < -0.4 is 4.74 Å². The second kappa shape index (κ2) is 6.41. The standard InChI is InChI=1S/C14H9Br2ClF2O/c1-20-13-3-2-7(15)4-9(13)14(16)8-5-12(19)10(17)6-11(8)18/h2-6,14H,1H3. The number of methoxy groups -OCH3 is 1. The molecule has 0 spiro atoms. The lowest BCUT2D eigenvalue weighted by atomic mass is 10.0. The zero-order chi connectivity index (χ0) is 14.9. The van der Waals surface area contributed by atoms with E-state index in [9.17, 15) is 8.78 Å². The lowest BCUT2D eigenvalue weighted by Gasteiger charge is -2.16. The normalized spacial score (nSPS) is 12.3. The maximum Gasteiger partial charge on any atom is 0.142 e. The molecule has 1 unspecified atom stereocenters. The van der Waals surface area contributed by atoms with Crippen LogP contribution in [0.5, 0.6) is 5.75 Å². The summed E-state index contributed by atoms with van der Waals surface area (Å²) in [6.45, 7) is 0. The van der Waals surface area contributed by atoms with Gasteiger partial charge in [-0.3, -0.25) is 0 Å². The largest absolute Gasteiger partial charge is 0.496 e. The van der Waals surface area contributed by atoms with Gasteiger partial charge in [-0.05, 0) is 30.3 Å². The number of hydrogen-bond acceptors (Lipinski definition) is 1. The summed E-state index contributed by atoms with van der Waals surface area (Å²) in [4.78, 5) is -0.554. The van der Waals surface area contributed by atoms with Crippen molar-refractivity contribution < 1.29 is 13.5 Å². The molecule has 0 bridgehead atoms. The van der Waals surface area contributed by atoms with E-state index in [2.05, 4.69) is 31.9 Å². The summed E-state index contributed by atoms with van der Waals surface area (Å²) in [5, 5.41) is -0.243. The smallest absolute Gasteiger partial charge is 0.142 e. The number of benzene rings is 2. The zero-order valence-corrected chi connectivity index (χ0v) is 14.2. The van der Waals surface area contributed by atoms with Gasteiger partial charge in [0, 0.05) is 15.6 Å². The van der Waals surface area contributed by atoms with E-state index in [-0.39, 0.29) is 10.6 Å². The molecule has 0 amide bonds. The molecule has 0 saturated carbocycles. The van der Waals surface area contributed by atoms with Crippen molar-refractivity contribution in [1.82, 2.24) is 0 Å². The van der Waals surface area contributed by atoms with Crippen molar-refractivity contribution in [2.45, 2.75) is 4.83 Å². The Hall–Kier alpha value is -0.650. The highest BCUT2D eigenvalue weighted by atomic mass is 79.9. The average Bonchev–Trinajstić information content (AvgIpc) is 2.42. The van der Waals surface area contributed by atoms with Crippen LogP contribution in [-0.4, -0.2) is 7.11 Å². The molecule has 6 heteroatoms. The molecular weight excluding hydrogens is 417 g/mol. The van der Waals surface area contributed by atoms with Crippen LogP contribution >= 0.6 is 43.5 Å². The molecule has 1 atom stereocenters. The Kier molecular flexibility index (Phi) is 5.04. The van der Waals surface area contributed by atoms with Crippen molar-refractivity contribution in [3.05, 3.63) is 62.6 Å². The van der Waals surface area contributed by atoms with Crippen LogP contribution in [0.1, 0.15) is 16.0 Å². The quantitative estimate of drug-likeness (QED) is 0.440. The van der Waals surface area contributed by atoms with Crippen molar-refractivity contribution >= 4 is 43.5 Å². The first-order chi connectivity index (χ1) is 9.43. The lowest BCUT2D eigenvalue weighted by Crippen LogP contribution is -2.01. The molecule has 106 valence electrons. The van der Waals surface area contributed by atoms with Crippen molar-refractivity contribution in [3.63, 3.8) is 0 Å². The maximum absolute atomic E-state index is 14.0. The minimum atomic E-state index is -0.665. The van der Waals surface area contributed by atoms with Crippen LogP contribution in [-0.2, 0) is 0 Å².